The van der Waals surface area contributed by atoms with Crippen molar-refractivity contribution >= 4 is 17.9 Å². The van der Waals surface area contributed by atoms with Crippen LogP contribution in [0.2, 0.25) is 0 Å². The van der Waals surface area contributed by atoms with Gasteiger partial charge in [0.2, 0.25) is 0 Å². The van der Waals surface area contributed by atoms with Crippen molar-refractivity contribution in [1.82, 2.24) is 16.2 Å². The summed E-state index contributed by atoms with van der Waals surface area (Å²) in [6, 6.07) is 3.37. The molecule has 0 spiro atoms. The summed E-state index contributed by atoms with van der Waals surface area (Å²) < 4.78 is 18.7. The number of carbonyl (C=O) groups excluding carboxylic acids is 3. The Morgan fingerprint density at radius 3 is 2.23 bits per heavy atom. The SMILES string of the molecule is CNC(=O)c1ccc(C(=O)NNC(=O)OC(C)(C)C)c(F)c1. The Morgan fingerprint density at radius 1 is 1.09 bits per heavy atom. The molecule has 0 bridgehead atoms. The molecule has 0 aromatic heterocycles. The van der Waals surface area contributed by atoms with E-state index in [-0.39, 0.29) is 11.1 Å². The van der Waals surface area contributed by atoms with Gasteiger partial charge in [0, 0.05) is 12.6 Å². The third kappa shape index (κ3) is 5.04. The van der Waals surface area contributed by atoms with Crippen molar-refractivity contribution in [3.63, 3.8) is 0 Å². The normalized spacial score (nSPS) is 10.6. The summed E-state index contributed by atoms with van der Waals surface area (Å²) in [7, 11) is 1.41. The molecule has 8 heteroatoms. The molecule has 22 heavy (non-hydrogen) atoms. The van der Waals surface area contributed by atoms with Gasteiger partial charge in [0.05, 0.1) is 5.56 Å². The maximum atomic E-state index is 13.8. The van der Waals surface area contributed by atoms with Gasteiger partial charge in [-0.05, 0) is 39.0 Å². The lowest BCUT2D eigenvalue weighted by Crippen LogP contribution is -2.44. The van der Waals surface area contributed by atoms with Crippen molar-refractivity contribution in [2.24, 2.45) is 0 Å². The zero-order valence-corrected chi connectivity index (χ0v) is 12.7. The molecule has 3 N–H and O–H groups in total. The average molecular weight is 311 g/mol. The van der Waals surface area contributed by atoms with E-state index >= 15 is 0 Å². The maximum absolute atomic E-state index is 13.8. The summed E-state index contributed by atoms with van der Waals surface area (Å²) in [6.07, 6.45) is -0.872. The molecule has 1 aromatic rings. The molecule has 0 fully saturated rings. The number of benzene rings is 1. The largest absolute Gasteiger partial charge is 0.443 e. The smallest absolute Gasteiger partial charge is 0.426 e. The van der Waals surface area contributed by atoms with Crippen LogP contribution >= 0.6 is 0 Å². The molecule has 120 valence electrons. The van der Waals surface area contributed by atoms with E-state index in [9.17, 15) is 18.8 Å². The quantitative estimate of drug-likeness (QED) is 0.718. The van der Waals surface area contributed by atoms with Crippen molar-refractivity contribution in [3.05, 3.63) is 35.1 Å². The van der Waals surface area contributed by atoms with Crippen LogP contribution in [0.1, 0.15) is 41.5 Å². The lowest BCUT2D eigenvalue weighted by atomic mass is 10.1. The summed E-state index contributed by atoms with van der Waals surface area (Å²) in [4.78, 5) is 34.5. The summed E-state index contributed by atoms with van der Waals surface area (Å²) >= 11 is 0. The molecule has 1 aromatic carbocycles. The molecule has 7 nitrogen and oxygen atoms in total. The Kier molecular flexibility index (Phi) is 5.44. The number of amides is 3. The lowest BCUT2D eigenvalue weighted by molar-refractivity contribution is 0.0483. The summed E-state index contributed by atoms with van der Waals surface area (Å²) in [5.41, 5.74) is 3.06. The molecule has 0 aliphatic heterocycles. The highest BCUT2D eigenvalue weighted by molar-refractivity contribution is 5.98. The zero-order valence-electron chi connectivity index (χ0n) is 12.7. The number of carbonyl (C=O) groups is 3. The van der Waals surface area contributed by atoms with Crippen LogP contribution in [0.5, 0.6) is 0 Å². The highest BCUT2D eigenvalue weighted by Gasteiger charge is 2.18. The van der Waals surface area contributed by atoms with Gasteiger partial charge in [0.1, 0.15) is 11.4 Å². The van der Waals surface area contributed by atoms with Gasteiger partial charge in [0.15, 0.2) is 0 Å². The molecule has 0 aliphatic carbocycles. The van der Waals surface area contributed by atoms with Gasteiger partial charge in [-0.15, -0.1) is 0 Å². The molecule has 1 rings (SSSR count). The van der Waals surface area contributed by atoms with E-state index < -0.39 is 29.3 Å². The van der Waals surface area contributed by atoms with E-state index in [4.69, 9.17) is 4.74 Å². The molecular weight excluding hydrogens is 293 g/mol. The minimum Gasteiger partial charge on any atom is -0.443 e. The minimum absolute atomic E-state index is 0.0802. The van der Waals surface area contributed by atoms with E-state index in [2.05, 4.69) is 5.32 Å². The Morgan fingerprint density at radius 2 is 1.73 bits per heavy atom. The van der Waals surface area contributed by atoms with Gasteiger partial charge >= 0.3 is 6.09 Å². The monoisotopic (exact) mass is 311 g/mol. The number of rotatable bonds is 2. The fourth-order valence-electron chi connectivity index (χ4n) is 1.46. The van der Waals surface area contributed by atoms with Crippen LogP contribution in [-0.4, -0.2) is 30.6 Å². The molecule has 0 saturated carbocycles. The van der Waals surface area contributed by atoms with E-state index in [1.807, 2.05) is 10.9 Å². The third-order valence-corrected chi connectivity index (χ3v) is 2.38. The first-order chi connectivity index (χ1) is 10.1. The van der Waals surface area contributed by atoms with Gasteiger partial charge in [-0.3, -0.25) is 15.0 Å². The van der Waals surface area contributed by atoms with Crippen molar-refractivity contribution < 1.29 is 23.5 Å². The second-order valence-corrected chi connectivity index (χ2v) is 5.35. The Hall–Kier alpha value is -2.64. The first-order valence-corrected chi connectivity index (χ1v) is 6.45. The van der Waals surface area contributed by atoms with E-state index in [0.717, 1.165) is 12.1 Å². The number of ether oxygens (including phenoxy) is 1. The maximum Gasteiger partial charge on any atom is 0.426 e. The van der Waals surface area contributed by atoms with Crippen molar-refractivity contribution in [2.45, 2.75) is 26.4 Å². The van der Waals surface area contributed by atoms with Crippen LogP contribution in [0.3, 0.4) is 0 Å². The molecule has 0 radical (unpaired) electrons. The zero-order chi connectivity index (χ0) is 16.9. The van der Waals surface area contributed by atoms with Crippen LogP contribution in [-0.2, 0) is 4.74 Å². The number of hydrogen-bond donors (Lipinski definition) is 3. The standard InChI is InChI=1S/C14H18FN3O4/c1-14(2,3)22-13(21)18-17-12(20)9-6-5-8(7-10(9)15)11(19)16-4/h5-7H,1-4H3,(H,16,19)(H,17,20)(H,18,21). The first kappa shape index (κ1) is 17.4. The fraction of sp³-hybridized carbons (Fsp3) is 0.357. The second-order valence-electron chi connectivity index (χ2n) is 5.35. The Labute approximate surface area is 127 Å². The highest BCUT2D eigenvalue weighted by atomic mass is 19.1. The van der Waals surface area contributed by atoms with Gasteiger partial charge in [-0.1, -0.05) is 0 Å². The predicted molar refractivity (Wildman–Crippen MR) is 76.6 cm³/mol. The van der Waals surface area contributed by atoms with Crippen LogP contribution in [0.15, 0.2) is 18.2 Å². The molecule has 0 atom stereocenters. The van der Waals surface area contributed by atoms with Gasteiger partial charge in [-0.2, -0.15) is 0 Å². The molecule has 0 aliphatic rings. The van der Waals surface area contributed by atoms with E-state index in [1.165, 1.54) is 13.1 Å². The van der Waals surface area contributed by atoms with Gasteiger partial charge < -0.3 is 10.1 Å². The topological polar surface area (TPSA) is 96.5 Å². The summed E-state index contributed by atoms with van der Waals surface area (Å²) in [5.74, 6) is -2.23. The molecule has 0 heterocycles. The Balaban J connectivity index is 2.70. The van der Waals surface area contributed by atoms with Gasteiger partial charge in [-0.25, -0.2) is 14.6 Å². The molecule has 3 amide bonds. The third-order valence-electron chi connectivity index (χ3n) is 2.38. The molecular formula is C14H18FN3O4. The minimum atomic E-state index is -0.885. The number of nitrogens with one attached hydrogen (secondary N) is 3. The van der Waals surface area contributed by atoms with Crippen molar-refractivity contribution in [3.8, 4) is 0 Å². The Bertz CT molecular complexity index is 596. The van der Waals surface area contributed by atoms with E-state index in [1.54, 1.807) is 20.8 Å². The second kappa shape index (κ2) is 6.88. The van der Waals surface area contributed by atoms with Crippen molar-refractivity contribution in [1.29, 1.82) is 0 Å². The summed E-state index contributed by atoms with van der Waals surface area (Å²) in [6.45, 7) is 4.97. The first-order valence-electron chi connectivity index (χ1n) is 6.45. The molecule has 0 saturated heterocycles. The number of halogens is 1. The average Bonchev–Trinajstić information content (AvgIpc) is 2.41. The highest BCUT2D eigenvalue weighted by Crippen LogP contribution is 2.10. The van der Waals surface area contributed by atoms with Crippen molar-refractivity contribution in [2.75, 3.05) is 7.05 Å². The van der Waals surface area contributed by atoms with Gasteiger partial charge in [0.25, 0.3) is 11.8 Å². The summed E-state index contributed by atoms with van der Waals surface area (Å²) in [5, 5.41) is 2.34. The fourth-order valence-corrected chi connectivity index (χ4v) is 1.46. The van der Waals surface area contributed by atoms with Crippen LogP contribution in [0.4, 0.5) is 9.18 Å². The van der Waals surface area contributed by atoms with Crippen LogP contribution in [0, 0.1) is 5.82 Å². The predicted octanol–water partition coefficient (Wildman–Crippen LogP) is 1.35. The van der Waals surface area contributed by atoms with Crippen LogP contribution in [0.25, 0.3) is 0 Å². The van der Waals surface area contributed by atoms with Crippen LogP contribution < -0.4 is 16.2 Å². The molecule has 0 unspecified atom stereocenters. The number of hydrazine groups is 1. The lowest BCUT2D eigenvalue weighted by Gasteiger charge is -2.19. The number of hydrogen-bond acceptors (Lipinski definition) is 4. The van der Waals surface area contributed by atoms with E-state index in [0.29, 0.717) is 0 Å².